The molecule has 2 fully saturated rings. The first-order chi connectivity index (χ1) is 8.33. The molecule has 0 aromatic carbocycles. The number of hydrogen-bond donors (Lipinski definition) is 2. The number of nitrogens with one attached hydrogen (secondary N) is 2. The topological polar surface area (TPSA) is 44.0 Å². The Hall–Kier alpha value is -0.870. The van der Waals surface area contributed by atoms with Crippen molar-refractivity contribution in [3.05, 3.63) is 18.2 Å². The third kappa shape index (κ3) is 2.38. The number of H-pyrrole nitrogens is 1. The van der Waals surface area contributed by atoms with Gasteiger partial charge in [-0.25, -0.2) is 4.98 Å². The smallest absolute Gasteiger partial charge is 0.120 e. The van der Waals surface area contributed by atoms with Crippen LogP contribution in [0.2, 0.25) is 0 Å². The predicted molar refractivity (Wildman–Crippen MR) is 67.6 cm³/mol. The van der Waals surface area contributed by atoms with Gasteiger partial charge in [0.2, 0.25) is 0 Å². The Morgan fingerprint density at radius 1 is 1.41 bits per heavy atom. The number of imidazole rings is 1. The van der Waals surface area contributed by atoms with E-state index in [9.17, 15) is 0 Å². The average Bonchev–Trinajstić information content (AvgIpc) is 2.79. The lowest BCUT2D eigenvalue weighted by molar-refractivity contribution is 0.0481. The van der Waals surface area contributed by atoms with E-state index >= 15 is 0 Å². The third-order valence-electron chi connectivity index (χ3n) is 4.45. The predicted octanol–water partition coefficient (Wildman–Crippen LogP) is 1.51. The van der Waals surface area contributed by atoms with Crippen LogP contribution in [0, 0.1) is 0 Å². The molecule has 2 aliphatic heterocycles. The normalized spacial score (nSPS) is 33.8. The standard InChI is InChI=1S/C13H22N4/c1-17-11-3-2-4-12(17)8-10(7-11)16-9-13-14-5-6-15-13/h5-6,10-12,16H,2-4,7-9H2,1H3,(H,14,15). The van der Waals surface area contributed by atoms with Gasteiger partial charge < -0.3 is 15.2 Å². The molecule has 0 radical (unpaired) electrons. The maximum absolute atomic E-state index is 4.26. The first-order valence-electron chi connectivity index (χ1n) is 6.76. The number of piperidine rings is 2. The molecule has 4 heteroatoms. The van der Waals surface area contributed by atoms with Crippen molar-refractivity contribution in [3.63, 3.8) is 0 Å². The Morgan fingerprint density at radius 3 is 2.82 bits per heavy atom. The Kier molecular flexibility index (Phi) is 3.16. The molecule has 17 heavy (non-hydrogen) atoms. The van der Waals surface area contributed by atoms with Gasteiger partial charge in [0.05, 0.1) is 6.54 Å². The molecule has 4 nitrogen and oxygen atoms in total. The van der Waals surface area contributed by atoms with Crippen LogP contribution in [-0.2, 0) is 6.54 Å². The zero-order valence-corrected chi connectivity index (χ0v) is 10.5. The van der Waals surface area contributed by atoms with E-state index in [1.54, 1.807) is 0 Å². The van der Waals surface area contributed by atoms with Crippen molar-refractivity contribution in [2.45, 2.75) is 56.8 Å². The summed E-state index contributed by atoms with van der Waals surface area (Å²) < 4.78 is 0. The van der Waals surface area contributed by atoms with Gasteiger partial charge in [0.25, 0.3) is 0 Å². The minimum absolute atomic E-state index is 0.673. The molecule has 2 N–H and O–H groups in total. The summed E-state index contributed by atoms with van der Waals surface area (Å²) in [7, 11) is 2.30. The van der Waals surface area contributed by atoms with E-state index in [1.165, 1.54) is 32.1 Å². The van der Waals surface area contributed by atoms with Gasteiger partial charge in [-0.3, -0.25) is 0 Å². The molecule has 2 unspecified atom stereocenters. The summed E-state index contributed by atoms with van der Waals surface area (Å²) in [5, 5.41) is 3.65. The fourth-order valence-corrected chi connectivity index (χ4v) is 3.42. The van der Waals surface area contributed by atoms with Gasteiger partial charge in [-0.05, 0) is 32.7 Å². The maximum atomic E-state index is 4.26. The SMILES string of the molecule is CN1C2CCCC1CC(NCc1ncc[nH]1)C2. The zero-order valence-electron chi connectivity index (χ0n) is 10.5. The van der Waals surface area contributed by atoms with Crippen LogP contribution < -0.4 is 5.32 Å². The Bertz CT molecular complexity index is 334. The maximum Gasteiger partial charge on any atom is 0.120 e. The average molecular weight is 234 g/mol. The fourth-order valence-electron chi connectivity index (χ4n) is 3.42. The molecule has 0 spiro atoms. The summed E-state index contributed by atoms with van der Waals surface area (Å²) in [5.41, 5.74) is 0. The van der Waals surface area contributed by atoms with Crippen LogP contribution in [0.5, 0.6) is 0 Å². The van der Waals surface area contributed by atoms with Crippen LogP contribution in [-0.4, -0.2) is 40.0 Å². The monoisotopic (exact) mass is 234 g/mol. The number of aromatic nitrogens is 2. The van der Waals surface area contributed by atoms with E-state index in [2.05, 4.69) is 27.2 Å². The van der Waals surface area contributed by atoms with E-state index in [0.717, 1.165) is 24.5 Å². The van der Waals surface area contributed by atoms with Crippen LogP contribution in [0.15, 0.2) is 12.4 Å². The van der Waals surface area contributed by atoms with Crippen molar-refractivity contribution in [1.29, 1.82) is 0 Å². The van der Waals surface area contributed by atoms with Gasteiger partial charge >= 0.3 is 0 Å². The third-order valence-corrected chi connectivity index (χ3v) is 4.45. The lowest BCUT2D eigenvalue weighted by Crippen LogP contribution is -2.54. The first kappa shape index (κ1) is 11.2. The number of hydrogen-bond acceptors (Lipinski definition) is 3. The molecule has 1 aromatic rings. The van der Waals surface area contributed by atoms with Crippen LogP contribution in [0.1, 0.15) is 37.9 Å². The first-order valence-corrected chi connectivity index (χ1v) is 6.76. The van der Waals surface area contributed by atoms with Gasteiger partial charge in [0.1, 0.15) is 5.82 Å². The highest BCUT2D eigenvalue weighted by Crippen LogP contribution is 2.32. The highest BCUT2D eigenvalue weighted by atomic mass is 15.2. The second-order valence-electron chi connectivity index (χ2n) is 5.49. The van der Waals surface area contributed by atoms with Gasteiger partial charge in [0, 0.05) is 30.5 Å². The molecular formula is C13H22N4. The van der Waals surface area contributed by atoms with Gasteiger partial charge in [-0.2, -0.15) is 0 Å². The van der Waals surface area contributed by atoms with Crippen molar-refractivity contribution < 1.29 is 0 Å². The molecule has 0 aliphatic carbocycles. The Morgan fingerprint density at radius 2 is 2.18 bits per heavy atom. The van der Waals surface area contributed by atoms with Crippen molar-refractivity contribution in [2.24, 2.45) is 0 Å². The van der Waals surface area contributed by atoms with Crippen LogP contribution >= 0.6 is 0 Å². The molecule has 3 rings (SSSR count). The van der Waals surface area contributed by atoms with E-state index in [1.807, 2.05) is 12.4 Å². The van der Waals surface area contributed by atoms with Gasteiger partial charge in [-0.15, -0.1) is 0 Å². The van der Waals surface area contributed by atoms with E-state index < -0.39 is 0 Å². The van der Waals surface area contributed by atoms with Crippen LogP contribution in [0.25, 0.3) is 0 Å². The Balaban J connectivity index is 1.55. The summed E-state index contributed by atoms with van der Waals surface area (Å²) in [6, 6.07) is 2.28. The number of fused-ring (bicyclic) bond motifs is 2. The largest absolute Gasteiger partial charge is 0.348 e. The van der Waals surface area contributed by atoms with Crippen molar-refractivity contribution in [1.82, 2.24) is 20.2 Å². The Labute approximate surface area is 103 Å². The minimum Gasteiger partial charge on any atom is -0.348 e. The molecule has 94 valence electrons. The van der Waals surface area contributed by atoms with Crippen molar-refractivity contribution in [2.75, 3.05) is 7.05 Å². The number of aromatic amines is 1. The van der Waals surface area contributed by atoms with Crippen LogP contribution in [0.3, 0.4) is 0 Å². The molecule has 1 aromatic heterocycles. The molecule has 0 amide bonds. The second-order valence-corrected chi connectivity index (χ2v) is 5.49. The zero-order chi connectivity index (χ0) is 11.7. The van der Waals surface area contributed by atoms with E-state index in [0.29, 0.717) is 6.04 Å². The molecule has 0 saturated carbocycles. The lowest BCUT2D eigenvalue weighted by Gasteiger charge is -2.47. The molecule has 3 heterocycles. The molecule has 2 bridgehead atoms. The number of rotatable bonds is 3. The summed E-state index contributed by atoms with van der Waals surface area (Å²) in [6.45, 7) is 0.876. The van der Waals surface area contributed by atoms with E-state index in [-0.39, 0.29) is 0 Å². The minimum atomic E-state index is 0.673. The summed E-state index contributed by atoms with van der Waals surface area (Å²) in [6.07, 6.45) is 10.5. The molecule has 2 saturated heterocycles. The van der Waals surface area contributed by atoms with Gasteiger partial charge in [0.15, 0.2) is 0 Å². The summed E-state index contributed by atoms with van der Waals surface area (Å²) in [4.78, 5) is 10.0. The second kappa shape index (κ2) is 4.78. The molecule has 2 aliphatic rings. The van der Waals surface area contributed by atoms with Crippen molar-refractivity contribution >= 4 is 0 Å². The number of nitrogens with zero attached hydrogens (tertiary/aromatic N) is 2. The highest BCUT2D eigenvalue weighted by Gasteiger charge is 2.35. The summed E-state index contributed by atoms with van der Waals surface area (Å²) >= 11 is 0. The molecular weight excluding hydrogens is 212 g/mol. The summed E-state index contributed by atoms with van der Waals surface area (Å²) in [5.74, 6) is 1.05. The molecule has 2 atom stereocenters. The van der Waals surface area contributed by atoms with Crippen LogP contribution in [0.4, 0.5) is 0 Å². The van der Waals surface area contributed by atoms with Crippen molar-refractivity contribution in [3.8, 4) is 0 Å². The van der Waals surface area contributed by atoms with E-state index in [4.69, 9.17) is 0 Å². The fraction of sp³-hybridized carbons (Fsp3) is 0.769. The van der Waals surface area contributed by atoms with Gasteiger partial charge in [-0.1, -0.05) is 6.42 Å². The quantitative estimate of drug-likeness (QED) is 0.833. The highest BCUT2D eigenvalue weighted by molar-refractivity contribution is 4.95. The lowest BCUT2D eigenvalue weighted by atomic mass is 9.82.